The third-order valence-electron chi connectivity index (χ3n) is 4.36. The summed E-state index contributed by atoms with van der Waals surface area (Å²) >= 11 is 5.87. The van der Waals surface area contributed by atoms with Gasteiger partial charge < -0.3 is 5.11 Å². The van der Waals surface area contributed by atoms with Crippen LogP contribution >= 0.6 is 11.6 Å². The molecule has 2 aromatic rings. The normalized spacial score (nSPS) is 26.5. The molecule has 0 heterocycles. The van der Waals surface area contributed by atoms with E-state index in [1.54, 1.807) is 42.5 Å². The zero-order valence-corrected chi connectivity index (χ0v) is 13.6. The lowest BCUT2D eigenvalue weighted by atomic mass is 10.0. The Kier molecular flexibility index (Phi) is 3.93. The largest absolute Gasteiger partial charge is 0.395 e. The lowest BCUT2D eigenvalue weighted by Gasteiger charge is -2.05. The van der Waals surface area contributed by atoms with Crippen LogP contribution in [-0.4, -0.2) is 25.4 Å². The van der Waals surface area contributed by atoms with Gasteiger partial charge in [-0.1, -0.05) is 41.9 Å². The van der Waals surface area contributed by atoms with Crippen molar-refractivity contribution in [3.8, 4) is 6.07 Å². The fourth-order valence-corrected chi connectivity index (χ4v) is 5.58. The van der Waals surface area contributed by atoms with Crippen LogP contribution in [0.1, 0.15) is 11.5 Å². The molecule has 6 heteroatoms. The fraction of sp³-hybridized carbons (Fsp3) is 0.235. The predicted octanol–water partition coefficient (Wildman–Crippen LogP) is 2.78. The zero-order chi connectivity index (χ0) is 16.7. The van der Waals surface area contributed by atoms with Gasteiger partial charge in [0.1, 0.15) is 5.41 Å². The maximum absolute atomic E-state index is 12.9. The van der Waals surface area contributed by atoms with Crippen LogP contribution in [0.5, 0.6) is 0 Å². The highest BCUT2D eigenvalue weighted by Crippen LogP contribution is 2.63. The number of benzene rings is 2. The summed E-state index contributed by atoms with van der Waals surface area (Å²) < 4.78 is 25.8. The Morgan fingerprint density at radius 1 is 1.13 bits per heavy atom. The molecule has 0 amide bonds. The lowest BCUT2D eigenvalue weighted by Crippen LogP contribution is -2.18. The number of nitriles is 1. The molecule has 1 saturated carbocycles. The van der Waals surface area contributed by atoms with Crippen LogP contribution in [0.25, 0.3) is 0 Å². The molecule has 0 radical (unpaired) electrons. The van der Waals surface area contributed by atoms with E-state index in [4.69, 9.17) is 11.6 Å². The molecule has 3 rings (SSSR count). The first kappa shape index (κ1) is 16.0. The standard InChI is InChI=1S/C17H14ClNO3S/c18-13-8-6-12(7-9-13)15-16(17(15,10-19)11-20)23(21,22)14-4-2-1-3-5-14/h1-9,15-16,20H,11H2/t15-,16+,17-/m1/s1. The fourth-order valence-electron chi connectivity index (χ4n) is 3.12. The highest BCUT2D eigenvalue weighted by atomic mass is 35.5. The zero-order valence-electron chi connectivity index (χ0n) is 12.1. The Morgan fingerprint density at radius 2 is 1.74 bits per heavy atom. The van der Waals surface area contributed by atoms with Crippen LogP contribution < -0.4 is 0 Å². The van der Waals surface area contributed by atoms with Gasteiger partial charge in [0, 0.05) is 10.9 Å². The summed E-state index contributed by atoms with van der Waals surface area (Å²) in [5, 5.41) is 18.8. The van der Waals surface area contributed by atoms with E-state index in [0.717, 1.165) is 0 Å². The number of aliphatic hydroxyl groups is 1. The van der Waals surface area contributed by atoms with Gasteiger partial charge in [-0.15, -0.1) is 0 Å². The van der Waals surface area contributed by atoms with Crippen molar-refractivity contribution >= 4 is 21.4 Å². The van der Waals surface area contributed by atoms with Crippen molar-refractivity contribution < 1.29 is 13.5 Å². The van der Waals surface area contributed by atoms with Crippen molar-refractivity contribution in [2.75, 3.05) is 6.61 Å². The molecule has 0 unspecified atom stereocenters. The second-order valence-electron chi connectivity index (χ2n) is 5.62. The van der Waals surface area contributed by atoms with Crippen molar-refractivity contribution in [1.29, 1.82) is 5.26 Å². The highest BCUT2D eigenvalue weighted by Gasteiger charge is 2.72. The van der Waals surface area contributed by atoms with Gasteiger partial charge >= 0.3 is 0 Å². The van der Waals surface area contributed by atoms with E-state index < -0.39 is 33.0 Å². The van der Waals surface area contributed by atoms with Crippen molar-refractivity contribution in [2.24, 2.45) is 5.41 Å². The van der Waals surface area contributed by atoms with Gasteiger partial charge in [-0.05, 0) is 29.8 Å². The molecule has 0 aliphatic heterocycles. The molecule has 0 aromatic heterocycles. The maximum Gasteiger partial charge on any atom is 0.183 e. The molecular weight excluding hydrogens is 334 g/mol. The van der Waals surface area contributed by atoms with Gasteiger partial charge in [0.05, 0.1) is 22.8 Å². The molecule has 2 aromatic carbocycles. The van der Waals surface area contributed by atoms with Gasteiger partial charge in [0.25, 0.3) is 0 Å². The Morgan fingerprint density at radius 3 is 2.26 bits per heavy atom. The summed E-state index contributed by atoms with van der Waals surface area (Å²) in [6.07, 6.45) is 0. The summed E-state index contributed by atoms with van der Waals surface area (Å²) in [7, 11) is -3.72. The summed E-state index contributed by atoms with van der Waals surface area (Å²) in [6, 6.07) is 16.8. The number of halogens is 1. The molecule has 118 valence electrons. The monoisotopic (exact) mass is 347 g/mol. The number of rotatable bonds is 4. The average molecular weight is 348 g/mol. The van der Waals surface area contributed by atoms with Crippen LogP contribution in [0.15, 0.2) is 59.5 Å². The molecule has 1 fully saturated rings. The molecule has 0 spiro atoms. The average Bonchev–Trinajstić information content (AvgIpc) is 3.27. The molecule has 1 aliphatic carbocycles. The number of nitrogens with zero attached hydrogens (tertiary/aromatic N) is 1. The number of hydrogen-bond acceptors (Lipinski definition) is 4. The second-order valence-corrected chi connectivity index (χ2v) is 8.12. The number of sulfone groups is 1. The first-order valence-electron chi connectivity index (χ1n) is 7.04. The topological polar surface area (TPSA) is 78.2 Å². The van der Waals surface area contributed by atoms with Crippen molar-refractivity contribution in [2.45, 2.75) is 16.1 Å². The third-order valence-corrected chi connectivity index (χ3v) is 6.90. The van der Waals surface area contributed by atoms with E-state index in [2.05, 4.69) is 0 Å². The Balaban J connectivity index is 2.07. The van der Waals surface area contributed by atoms with E-state index >= 15 is 0 Å². The van der Waals surface area contributed by atoms with E-state index in [0.29, 0.717) is 10.6 Å². The second kappa shape index (κ2) is 5.64. The van der Waals surface area contributed by atoms with E-state index in [9.17, 15) is 18.8 Å². The molecular formula is C17H14ClNO3S. The molecule has 4 nitrogen and oxygen atoms in total. The summed E-state index contributed by atoms with van der Waals surface area (Å²) in [4.78, 5) is 0.162. The van der Waals surface area contributed by atoms with Crippen LogP contribution in [0.3, 0.4) is 0 Å². The van der Waals surface area contributed by atoms with Gasteiger partial charge in [0.2, 0.25) is 0 Å². The van der Waals surface area contributed by atoms with E-state index in [-0.39, 0.29) is 4.90 Å². The minimum absolute atomic E-state index is 0.162. The summed E-state index contributed by atoms with van der Waals surface area (Å²) in [5.41, 5.74) is -0.628. The van der Waals surface area contributed by atoms with E-state index in [1.165, 1.54) is 12.1 Å². The smallest absolute Gasteiger partial charge is 0.183 e. The first-order valence-corrected chi connectivity index (χ1v) is 8.96. The third kappa shape index (κ3) is 2.43. The minimum Gasteiger partial charge on any atom is -0.395 e. The van der Waals surface area contributed by atoms with Gasteiger partial charge in [0.15, 0.2) is 9.84 Å². The van der Waals surface area contributed by atoms with Gasteiger partial charge in [-0.2, -0.15) is 5.26 Å². The molecule has 23 heavy (non-hydrogen) atoms. The maximum atomic E-state index is 12.9. The van der Waals surface area contributed by atoms with Gasteiger partial charge in [-0.3, -0.25) is 0 Å². The van der Waals surface area contributed by atoms with Gasteiger partial charge in [-0.25, -0.2) is 8.42 Å². The van der Waals surface area contributed by atoms with Crippen molar-refractivity contribution in [3.63, 3.8) is 0 Å². The molecule has 3 atom stereocenters. The van der Waals surface area contributed by atoms with E-state index in [1.807, 2.05) is 6.07 Å². The van der Waals surface area contributed by atoms with Crippen molar-refractivity contribution in [3.05, 3.63) is 65.2 Å². The van der Waals surface area contributed by atoms with Crippen LogP contribution in [-0.2, 0) is 9.84 Å². The molecule has 0 saturated heterocycles. The SMILES string of the molecule is N#C[C@@]1(CO)[C@H](c2ccc(Cl)cc2)[C@@H]1S(=O)(=O)c1ccccc1. The predicted molar refractivity (Wildman–Crippen MR) is 86.7 cm³/mol. The van der Waals surface area contributed by atoms with Crippen LogP contribution in [0, 0.1) is 16.7 Å². The Labute approximate surface area is 139 Å². The lowest BCUT2D eigenvalue weighted by molar-refractivity contribution is 0.242. The highest BCUT2D eigenvalue weighted by molar-refractivity contribution is 7.92. The van der Waals surface area contributed by atoms with Crippen LogP contribution in [0.2, 0.25) is 5.02 Å². The molecule has 1 aliphatic rings. The molecule has 0 bridgehead atoms. The number of hydrogen-bond donors (Lipinski definition) is 1. The first-order chi connectivity index (χ1) is 11.0. The molecule has 1 N–H and O–H groups in total. The quantitative estimate of drug-likeness (QED) is 0.922. The minimum atomic E-state index is -3.72. The summed E-state index contributed by atoms with van der Waals surface area (Å²) in [5.74, 6) is -0.569. The Hall–Kier alpha value is -1.87. The summed E-state index contributed by atoms with van der Waals surface area (Å²) in [6.45, 7) is -0.506. The number of aliphatic hydroxyl groups excluding tert-OH is 1. The Bertz CT molecular complexity index is 859. The van der Waals surface area contributed by atoms with Crippen LogP contribution in [0.4, 0.5) is 0 Å². The van der Waals surface area contributed by atoms with Crippen molar-refractivity contribution in [1.82, 2.24) is 0 Å².